The Morgan fingerprint density at radius 2 is 2.11 bits per heavy atom. The average molecular weight is 366 g/mol. The van der Waals surface area contributed by atoms with Gasteiger partial charge in [-0.25, -0.2) is 0 Å². The fourth-order valence-electron chi connectivity index (χ4n) is 2.60. The summed E-state index contributed by atoms with van der Waals surface area (Å²) in [4.78, 5) is 12.6. The standard InChI is InChI=1S/C22H26N2O3/c1-5-8-17(21(25)27-22(2,3)4)14-19(20-11-7-12-26-20)24-18-10-6-9-16(13-18)15-23/h6-7,9-14,17,24H,5,8H2,1-4H3/b19-14-. The van der Waals surface area contributed by atoms with Gasteiger partial charge in [0.2, 0.25) is 0 Å². The highest BCUT2D eigenvalue weighted by Crippen LogP contribution is 2.25. The number of furan rings is 1. The summed E-state index contributed by atoms with van der Waals surface area (Å²) in [5, 5.41) is 12.4. The lowest BCUT2D eigenvalue weighted by Gasteiger charge is -2.23. The summed E-state index contributed by atoms with van der Waals surface area (Å²) in [5.74, 6) is -0.0519. The van der Waals surface area contributed by atoms with Crippen molar-refractivity contribution in [2.75, 3.05) is 5.32 Å². The van der Waals surface area contributed by atoms with E-state index >= 15 is 0 Å². The lowest BCUT2D eigenvalue weighted by molar-refractivity contribution is -0.158. The zero-order chi connectivity index (χ0) is 19.9. The van der Waals surface area contributed by atoms with Crippen LogP contribution in [-0.2, 0) is 9.53 Å². The second kappa shape index (κ2) is 9.09. The quantitative estimate of drug-likeness (QED) is 0.667. The molecule has 1 heterocycles. The molecule has 1 unspecified atom stereocenters. The number of nitriles is 1. The number of hydrogen-bond acceptors (Lipinski definition) is 5. The molecule has 1 aromatic carbocycles. The normalized spacial score (nSPS) is 12.9. The van der Waals surface area contributed by atoms with Gasteiger partial charge in [-0.2, -0.15) is 5.26 Å². The average Bonchev–Trinajstić information content (AvgIpc) is 3.14. The number of rotatable bonds is 7. The van der Waals surface area contributed by atoms with E-state index in [1.54, 1.807) is 30.5 Å². The summed E-state index contributed by atoms with van der Waals surface area (Å²) in [6, 6.07) is 12.9. The van der Waals surface area contributed by atoms with Gasteiger partial charge in [-0.05, 0) is 63.6 Å². The highest BCUT2D eigenvalue weighted by Gasteiger charge is 2.24. The van der Waals surface area contributed by atoms with Gasteiger partial charge in [0.15, 0.2) is 0 Å². The van der Waals surface area contributed by atoms with E-state index in [1.165, 1.54) is 0 Å². The Kier molecular flexibility index (Phi) is 6.84. The van der Waals surface area contributed by atoms with E-state index < -0.39 is 11.5 Å². The van der Waals surface area contributed by atoms with E-state index in [1.807, 2.05) is 45.9 Å². The minimum atomic E-state index is -0.545. The van der Waals surface area contributed by atoms with E-state index in [2.05, 4.69) is 11.4 Å². The third kappa shape index (κ3) is 6.34. The van der Waals surface area contributed by atoms with Gasteiger partial charge in [0.25, 0.3) is 0 Å². The molecule has 142 valence electrons. The Hall–Kier alpha value is -3.00. The first-order valence-electron chi connectivity index (χ1n) is 9.08. The molecule has 2 rings (SSSR count). The first-order valence-corrected chi connectivity index (χ1v) is 9.08. The molecule has 1 aromatic heterocycles. The van der Waals surface area contributed by atoms with Gasteiger partial charge in [-0.15, -0.1) is 0 Å². The van der Waals surface area contributed by atoms with Crippen LogP contribution in [-0.4, -0.2) is 11.6 Å². The van der Waals surface area contributed by atoms with Crippen LogP contribution in [0.2, 0.25) is 0 Å². The molecular weight excluding hydrogens is 340 g/mol. The summed E-state index contributed by atoms with van der Waals surface area (Å²) < 4.78 is 11.1. The van der Waals surface area contributed by atoms with E-state index in [0.717, 1.165) is 12.1 Å². The number of benzene rings is 1. The van der Waals surface area contributed by atoms with Crippen LogP contribution >= 0.6 is 0 Å². The SMILES string of the molecule is CCCC(/C=C(\Nc1cccc(C#N)c1)c1ccco1)C(=O)OC(C)(C)C. The largest absolute Gasteiger partial charge is 0.463 e. The van der Waals surface area contributed by atoms with Crippen LogP contribution in [0.1, 0.15) is 51.9 Å². The smallest absolute Gasteiger partial charge is 0.313 e. The van der Waals surface area contributed by atoms with Crippen molar-refractivity contribution in [1.82, 2.24) is 0 Å². The third-order valence-electron chi connectivity index (χ3n) is 3.73. The molecule has 0 aliphatic heterocycles. The number of hydrogen-bond donors (Lipinski definition) is 1. The molecule has 0 spiro atoms. The predicted octanol–water partition coefficient (Wildman–Crippen LogP) is 5.36. The zero-order valence-corrected chi connectivity index (χ0v) is 16.3. The van der Waals surface area contributed by atoms with Crippen molar-refractivity contribution >= 4 is 17.4 Å². The second-order valence-electron chi connectivity index (χ2n) is 7.30. The molecule has 0 bridgehead atoms. The minimum absolute atomic E-state index is 0.263. The van der Waals surface area contributed by atoms with E-state index in [0.29, 0.717) is 23.4 Å². The van der Waals surface area contributed by atoms with Gasteiger partial charge in [-0.1, -0.05) is 19.4 Å². The molecule has 27 heavy (non-hydrogen) atoms. The van der Waals surface area contributed by atoms with Crippen molar-refractivity contribution in [2.24, 2.45) is 5.92 Å². The van der Waals surface area contributed by atoms with Crippen molar-refractivity contribution in [3.63, 3.8) is 0 Å². The molecular formula is C22H26N2O3. The van der Waals surface area contributed by atoms with Crippen LogP contribution < -0.4 is 5.32 Å². The van der Waals surface area contributed by atoms with Crippen molar-refractivity contribution in [1.29, 1.82) is 5.26 Å². The Morgan fingerprint density at radius 1 is 1.33 bits per heavy atom. The second-order valence-corrected chi connectivity index (χ2v) is 7.30. The molecule has 5 heteroatoms. The molecule has 0 saturated carbocycles. The van der Waals surface area contributed by atoms with Crippen LogP contribution in [0.3, 0.4) is 0 Å². The number of carbonyl (C=O) groups excluding carboxylic acids is 1. The number of nitrogens with one attached hydrogen (secondary N) is 1. The van der Waals surface area contributed by atoms with Crippen LogP contribution in [0.4, 0.5) is 5.69 Å². The fraction of sp³-hybridized carbons (Fsp3) is 0.364. The lowest BCUT2D eigenvalue weighted by atomic mass is 10.0. The topological polar surface area (TPSA) is 75.3 Å². The molecule has 0 fully saturated rings. The Morgan fingerprint density at radius 3 is 2.70 bits per heavy atom. The monoisotopic (exact) mass is 366 g/mol. The van der Waals surface area contributed by atoms with Gasteiger partial charge in [0.05, 0.1) is 29.5 Å². The van der Waals surface area contributed by atoms with Crippen LogP contribution in [0, 0.1) is 17.2 Å². The highest BCUT2D eigenvalue weighted by atomic mass is 16.6. The summed E-state index contributed by atoms with van der Waals surface area (Å²) in [5.41, 5.74) is 1.42. The maximum atomic E-state index is 12.6. The number of anilines is 1. The van der Waals surface area contributed by atoms with Gasteiger partial charge in [0, 0.05) is 5.69 Å². The molecule has 2 aromatic rings. The van der Waals surface area contributed by atoms with Gasteiger partial charge in [-0.3, -0.25) is 4.79 Å². The first kappa shape index (κ1) is 20.3. The number of ether oxygens (including phenoxy) is 1. The summed E-state index contributed by atoms with van der Waals surface area (Å²) in [7, 11) is 0. The van der Waals surface area contributed by atoms with Crippen molar-refractivity contribution in [3.05, 3.63) is 60.1 Å². The number of esters is 1. The summed E-state index contributed by atoms with van der Waals surface area (Å²) in [6.45, 7) is 7.60. The van der Waals surface area contributed by atoms with Crippen molar-refractivity contribution in [3.8, 4) is 6.07 Å². The Bertz CT molecular complexity index is 824. The van der Waals surface area contributed by atoms with Crippen LogP contribution in [0.5, 0.6) is 0 Å². The summed E-state index contributed by atoms with van der Waals surface area (Å²) >= 11 is 0. The van der Waals surface area contributed by atoms with Crippen LogP contribution in [0.25, 0.3) is 5.70 Å². The maximum absolute atomic E-state index is 12.6. The Balaban J connectivity index is 2.35. The third-order valence-corrected chi connectivity index (χ3v) is 3.73. The minimum Gasteiger partial charge on any atom is -0.463 e. The molecule has 5 nitrogen and oxygen atoms in total. The molecule has 0 aliphatic carbocycles. The van der Waals surface area contributed by atoms with E-state index in [-0.39, 0.29) is 5.97 Å². The van der Waals surface area contributed by atoms with E-state index in [9.17, 15) is 4.79 Å². The van der Waals surface area contributed by atoms with Gasteiger partial charge >= 0.3 is 5.97 Å². The highest BCUT2D eigenvalue weighted by molar-refractivity contribution is 5.81. The molecule has 0 amide bonds. The van der Waals surface area contributed by atoms with Gasteiger partial charge < -0.3 is 14.5 Å². The molecule has 0 radical (unpaired) electrons. The maximum Gasteiger partial charge on any atom is 0.313 e. The first-order chi connectivity index (χ1) is 12.8. The molecule has 1 atom stereocenters. The Labute approximate surface area is 160 Å². The molecule has 0 aliphatic rings. The molecule has 0 saturated heterocycles. The zero-order valence-electron chi connectivity index (χ0n) is 16.3. The number of nitrogens with zero attached hydrogens (tertiary/aromatic N) is 1. The fourth-order valence-corrected chi connectivity index (χ4v) is 2.60. The van der Waals surface area contributed by atoms with Crippen molar-refractivity contribution < 1.29 is 13.9 Å². The molecule has 1 N–H and O–H groups in total. The summed E-state index contributed by atoms with van der Waals surface area (Å²) in [6.07, 6.45) is 4.93. The van der Waals surface area contributed by atoms with Crippen LogP contribution in [0.15, 0.2) is 53.2 Å². The lowest BCUT2D eigenvalue weighted by Crippen LogP contribution is -2.28. The predicted molar refractivity (Wildman–Crippen MR) is 106 cm³/mol. The number of carbonyl (C=O) groups is 1. The van der Waals surface area contributed by atoms with Gasteiger partial charge in [0.1, 0.15) is 11.4 Å². The van der Waals surface area contributed by atoms with Crippen molar-refractivity contribution in [2.45, 2.75) is 46.1 Å². The van der Waals surface area contributed by atoms with E-state index in [4.69, 9.17) is 14.4 Å².